The molecule has 1 heterocycles. The molecule has 1 saturated carbocycles. The first-order chi connectivity index (χ1) is 15.1. The molecule has 0 aliphatic heterocycles. The minimum atomic E-state index is -4.43. The molecule has 0 saturated heterocycles. The van der Waals surface area contributed by atoms with Gasteiger partial charge in [-0.05, 0) is 31.0 Å². The highest BCUT2D eigenvalue weighted by molar-refractivity contribution is 5.80. The van der Waals surface area contributed by atoms with Gasteiger partial charge in [0, 0.05) is 32.9 Å². The Kier molecular flexibility index (Phi) is 9.80. The van der Waals surface area contributed by atoms with E-state index < -0.39 is 35.8 Å². The fraction of sp³-hybridized carbons (Fsp3) is 0.500. The van der Waals surface area contributed by atoms with Gasteiger partial charge in [0.25, 0.3) is 11.9 Å². The minimum Gasteiger partial charge on any atom is -0.481 e. The van der Waals surface area contributed by atoms with Gasteiger partial charge in [0.2, 0.25) is 5.91 Å². The SMILES string of the molecule is CC(=O)O.CC(=O)O.Cn1c(CNC(=O)[C@H]2C[C@H](N)[C@@H](O)C2)nc2cc(C(F)(F)F)ccc21. The van der Waals surface area contributed by atoms with Gasteiger partial charge in [0.05, 0.1) is 29.2 Å². The molecule has 3 rings (SSSR count). The molecule has 33 heavy (non-hydrogen) atoms. The van der Waals surface area contributed by atoms with E-state index in [1.165, 1.54) is 6.07 Å². The fourth-order valence-corrected chi connectivity index (χ4v) is 3.16. The number of hydrogen-bond donors (Lipinski definition) is 5. The third-order valence-corrected chi connectivity index (χ3v) is 4.67. The summed E-state index contributed by atoms with van der Waals surface area (Å²) >= 11 is 0. The zero-order chi connectivity index (χ0) is 25.5. The highest BCUT2D eigenvalue weighted by Gasteiger charge is 2.34. The first kappa shape index (κ1) is 27.8. The third-order valence-electron chi connectivity index (χ3n) is 4.67. The number of aromatic nitrogens is 2. The number of imidazole rings is 1. The minimum absolute atomic E-state index is 0.0905. The number of amides is 1. The molecular formula is C20H27F3N4O6. The number of carbonyl (C=O) groups is 3. The largest absolute Gasteiger partial charge is 0.481 e. The highest BCUT2D eigenvalue weighted by atomic mass is 19.4. The van der Waals surface area contributed by atoms with Gasteiger partial charge in [0.1, 0.15) is 5.82 Å². The van der Waals surface area contributed by atoms with Gasteiger partial charge < -0.3 is 30.9 Å². The molecule has 0 bridgehead atoms. The summed E-state index contributed by atoms with van der Waals surface area (Å²) in [5.41, 5.74) is 5.71. The zero-order valence-corrected chi connectivity index (χ0v) is 18.3. The summed E-state index contributed by atoms with van der Waals surface area (Å²) in [5.74, 6) is -1.82. The molecule has 6 N–H and O–H groups in total. The van der Waals surface area contributed by atoms with Crippen LogP contribution in [0.3, 0.4) is 0 Å². The van der Waals surface area contributed by atoms with Crippen LogP contribution >= 0.6 is 0 Å². The molecule has 0 unspecified atom stereocenters. The van der Waals surface area contributed by atoms with Crippen molar-refractivity contribution in [2.45, 2.75) is 51.6 Å². The Morgan fingerprint density at radius 1 is 1.18 bits per heavy atom. The number of aliphatic hydroxyl groups excluding tert-OH is 1. The number of fused-ring (bicyclic) bond motifs is 1. The molecule has 2 aromatic rings. The van der Waals surface area contributed by atoms with Crippen molar-refractivity contribution in [3.63, 3.8) is 0 Å². The Balaban J connectivity index is 0.000000591. The molecule has 1 aliphatic rings. The number of carboxylic acid groups (broad SMARTS) is 2. The van der Waals surface area contributed by atoms with Crippen LogP contribution in [-0.4, -0.2) is 54.9 Å². The van der Waals surface area contributed by atoms with Gasteiger partial charge in [-0.25, -0.2) is 4.98 Å². The summed E-state index contributed by atoms with van der Waals surface area (Å²) in [7, 11) is 1.68. The normalized spacial score (nSPS) is 19.7. The summed E-state index contributed by atoms with van der Waals surface area (Å²) < 4.78 is 40.0. The van der Waals surface area contributed by atoms with Crippen molar-refractivity contribution < 1.29 is 42.9 Å². The van der Waals surface area contributed by atoms with Crippen LogP contribution in [0.5, 0.6) is 0 Å². The summed E-state index contributed by atoms with van der Waals surface area (Å²) in [4.78, 5) is 34.3. The molecule has 1 aromatic carbocycles. The number of aliphatic hydroxyl groups is 1. The van der Waals surface area contributed by atoms with E-state index in [0.717, 1.165) is 26.0 Å². The Labute approximate surface area is 187 Å². The average Bonchev–Trinajstić information content (AvgIpc) is 3.17. The number of nitrogens with one attached hydrogen (secondary N) is 1. The van der Waals surface area contributed by atoms with Crippen LogP contribution in [-0.2, 0) is 34.2 Å². The Hall–Kier alpha value is -3.19. The summed E-state index contributed by atoms with van der Waals surface area (Å²) in [6, 6.07) is 2.95. The second-order valence-electron chi connectivity index (χ2n) is 7.44. The van der Waals surface area contributed by atoms with Crippen LogP contribution < -0.4 is 11.1 Å². The smallest absolute Gasteiger partial charge is 0.416 e. The molecule has 3 atom stereocenters. The lowest BCUT2D eigenvalue weighted by molar-refractivity contribution is -0.137. The van der Waals surface area contributed by atoms with E-state index in [0.29, 0.717) is 24.2 Å². The number of aliphatic carboxylic acids is 2. The number of hydrogen-bond acceptors (Lipinski definition) is 6. The quantitative estimate of drug-likeness (QED) is 0.444. The predicted octanol–water partition coefficient (Wildman–Crippen LogP) is 1.49. The van der Waals surface area contributed by atoms with E-state index in [1.54, 1.807) is 11.6 Å². The fourth-order valence-electron chi connectivity index (χ4n) is 3.16. The molecule has 0 spiro atoms. The van der Waals surface area contributed by atoms with Crippen LogP contribution in [0, 0.1) is 5.92 Å². The number of halogens is 3. The van der Waals surface area contributed by atoms with Gasteiger partial charge in [-0.15, -0.1) is 0 Å². The predicted molar refractivity (Wildman–Crippen MR) is 111 cm³/mol. The van der Waals surface area contributed by atoms with Crippen molar-refractivity contribution in [2.75, 3.05) is 0 Å². The number of nitrogens with two attached hydrogens (primary N) is 1. The zero-order valence-electron chi connectivity index (χ0n) is 18.3. The number of carboxylic acids is 2. The molecule has 1 aliphatic carbocycles. The van der Waals surface area contributed by atoms with E-state index in [-0.39, 0.29) is 23.9 Å². The van der Waals surface area contributed by atoms with Crippen LogP contribution in [0.4, 0.5) is 13.2 Å². The van der Waals surface area contributed by atoms with Crippen LogP contribution in [0.2, 0.25) is 0 Å². The van der Waals surface area contributed by atoms with Gasteiger partial charge in [-0.3, -0.25) is 14.4 Å². The summed E-state index contributed by atoms with van der Waals surface area (Å²) in [6.07, 6.45) is -4.40. The van der Waals surface area contributed by atoms with Crippen molar-refractivity contribution in [2.24, 2.45) is 18.7 Å². The lowest BCUT2D eigenvalue weighted by Gasteiger charge is -2.10. The van der Waals surface area contributed by atoms with E-state index in [2.05, 4.69) is 10.3 Å². The number of rotatable bonds is 3. The summed E-state index contributed by atoms with van der Waals surface area (Å²) in [5, 5.41) is 27.2. The van der Waals surface area contributed by atoms with E-state index >= 15 is 0 Å². The third kappa shape index (κ3) is 8.69. The van der Waals surface area contributed by atoms with Gasteiger partial charge in [-0.2, -0.15) is 13.2 Å². The molecule has 10 nitrogen and oxygen atoms in total. The first-order valence-corrected chi connectivity index (χ1v) is 9.76. The molecular weight excluding hydrogens is 449 g/mol. The topological polar surface area (TPSA) is 168 Å². The van der Waals surface area contributed by atoms with Crippen LogP contribution in [0.25, 0.3) is 11.0 Å². The Morgan fingerprint density at radius 2 is 1.73 bits per heavy atom. The molecule has 13 heteroatoms. The van der Waals surface area contributed by atoms with Crippen LogP contribution in [0.15, 0.2) is 18.2 Å². The Morgan fingerprint density at radius 3 is 2.18 bits per heavy atom. The standard InChI is InChI=1S/C16H19F3N4O2.2C2H4O2/c1-23-12-3-2-9(16(17,18)19)6-11(12)22-14(23)7-21-15(25)8-4-10(20)13(24)5-8;2*1-2(3)4/h2-3,6,8,10,13,24H,4-5,7,20H2,1H3,(H,21,25);2*1H3,(H,3,4)/t8-,10-,13-;;/m0../s1. The second kappa shape index (κ2) is 11.6. The second-order valence-corrected chi connectivity index (χ2v) is 7.44. The van der Waals surface area contributed by atoms with Crippen molar-refractivity contribution in [3.8, 4) is 0 Å². The van der Waals surface area contributed by atoms with Crippen molar-refractivity contribution >= 4 is 28.9 Å². The molecule has 1 amide bonds. The van der Waals surface area contributed by atoms with Gasteiger partial charge >= 0.3 is 6.18 Å². The number of alkyl halides is 3. The molecule has 184 valence electrons. The maximum Gasteiger partial charge on any atom is 0.416 e. The Bertz CT molecular complexity index is 962. The number of carbonyl (C=O) groups excluding carboxylic acids is 1. The molecule has 0 radical (unpaired) electrons. The maximum atomic E-state index is 12.8. The highest BCUT2D eigenvalue weighted by Crippen LogP contribution is 2.31. The number of nitrogens with zero attached hydrogens (tertiary/aromatic N) is 2. The average molecular weight is 476 g/mol. The van der Waals surface area contributed by atoms with Crippen molar-refractivity contribution in [3.05, 3.63) is 29.6 Å². The molecule has 1 aromatic heterocycles. The van der Waals surface area contributed by atoms with Crippen molar-refractivity contribution in [1.82, 2.24) is 14.9 Å². The van der Waals surface area contributed by atoms with Gasteiger partial charge in [-0.1, -0.05) is 0 Å². The lowest BCUT2D eigenvalue weighted by Crippen LogP contribution is -2.31. The summed E-state index contributed by atoms with van der Waals surface area (Å²) in [6.45, 7) is 2.26. The monoisotopic (exact) mass is 476 g/mol. The first-order valence-electron chi connectivity index (χ1n) is 9.76. The molecule has 1 fully saturated rings. The van der Waals surface area contributed by atoms with Crippen LogP contribution in [0.1, 0.15) is 38.1 Å². The number of aryl methyl sites for hydroxylation is 1. The van der Waals surface area contributed by atoms with Gasteiger partial charge in [0.15, 0.2) is 0 Å². The number of benzene rings is 1. The van der Waals surface area contributed by atoms with E-state index in [4.69, 9.17) is 25.5 Å². The maximum absolute atomic E-state index is 12.8. The lowest BCUT2D eigenvalue weighted by atomic mass is 10.1. The van der Waals surface area contributed by atoms with Crippen molar-refractivity contribution in [1.29, 1.82) is 0 Å². The van der Waals surface area contributed by atoms with E-state index in [1.807, 2.05) is 0 Å². The van der Waals surface area contributed by atoms with E-state index in [9.17, 15) is 23.1 Å².